The van der Waals surface area contributed by atoms with Crippen LogP contribution in [0.4, 0.5) is 0 Å². The number of methoxy groups -OCH3 is 2. The summed E-state index contributed by atoms with van der Waals surface area (Å²) in [6.07, 6.45) is 6.46. The van der Waals surface area contributed by atoms with Gasteiger partial charge in [0.15, 0.2) is 17.3 Å². The topological polar surface area (TPSA) is 82.1 Å². The largest absolute Gasteiger partial charge is 0.493 e. The van der Waals surface area contributed by atoms with Crippen molar-refractivity contribution in [2.45, 2.75) is 44.9 Å². The van der Waals surface area contributed by atoms with E-state index >= 15 is 0 Å². The van der Waals surface area contributed by atoms with Gasteiger partial charge in [-0.05, 0) is 54.4 Å². The molecule has 2 fully saturated rings. The third-order valence-electron chi connectivity index (χ3n) is 7.84. The van der Waals surface area contributed by atoms with Gasteiger partial charge < -0.3 is 19.3 Å². The Bertz CT molecular complexity index is 1100. The zero-order valence-electron chi connectivity index (χ0n) is 19.2. The maximum absolute atomic E-state index is 12.3. The molecule has 3 aliphatic rings. The number of carbonyl (C=O) groups excluding carboxylic acids is 1. The van der Waals surface area contributed by atoms with Crippen LogP contribution >= 0.6 is 0 Å². The van der Waals surface area contributed by atoms with Crippen LogP contribution in [0.1, 0.15) is 54.4 Å². The van der Waals surface area contributed by atoms with E-state index in [1.807, 2.05) is 30.3 Å². The standard InChI is InChI=1S/C27H30O6/c1-31-23-12-10-21(18-7-4-8-20-19(18)9-11-22(20)28)24(25(23)32-2)33-15-27(26(29)30)14-17(27)13-16-5-3-6-16/h4,7-8,10,12,16-17H,3,5-6,9,11,13-15H2,1-2H3,(H,29,30). The predicted molar refractivity (Wildman–Crippen MR) is 123 cm³/mol. The molecule has 0 bridgehead atoms. The highest BCUT2D eigenvalue weighted by Gasteiger charge is 2.61. The van der Waals surface area contributed by atoms with Crippen LogP contribution in [0.5, 0.6) is 17.2 Å². The van der Waals surface area contributed by atoms with Gasteiger partial charge in [0, 0.05) is 17.5 Å². The molecule has 2 atom stereocenters. The number of carboxylic acids is 1. The van der Waals surface area contributed by atoms with Crippen molar-refractivity contribution in [2.24, 2.45) is 17.3 Å². The van der Waals surface area contributed by atoms with Crippen molar-refractivity contribution < 1.29 is 28.9 Å². The number of hydrogen-bond donors (Lipinski definition) is 1. The summed E-state index contributed by atoms with van der Waals surface area (Å²) in [5, 5.41) is 10.1. The van der Waals surface area contributed by atoms with Crippen LogP contribution in [0, 0.1) is 17.3 Å². The Labute approximate surface area is 193 Å². The van der Waals surface area contributed by atoms with Crippen molar-refractivity contribution in [3.05, 3.63) is 41.5 Å². The summed E-state index contributed by atoms with van der Waals surface area (Å²) >= 11 is 0. The monoisotopic (exact) mass is 450 g/mol. The van der Waals surface area contributed by atoms with Crippen LogP contribution in [0.3, 0.4) is 0 Å². The number of ether oxygens (including phenoxy) is 3. The van der Waals surface area contributed by atoms with Crippen molar-refractivity contribution in [1.29, 1.82) is 0 Å². The number of fused-ring (bicyclic) bond motifs is 1. The molecule has 2 saturated carbocycles. The number of hydrogen-bond acceptors (Lipinski definition) is 5. The second-order valence-corrected chi connectivity index (χ2v) is 9.62. The maximum Gasteiger partial charge on any atom is 0.313 e. The van der Waals surface area contributed by atoms with E-state index in [1.54, 1.807) is 14.2 Å². The average molecular weight is 451 g/mol. The van der Waals surface area contributed by atoms with Crippen LogP contribution in [0.2, 0.25) is 0 Å². The van der Waals surface area contributed by atoms with Gasteiger partial charge in [0.25, 0.3) is 0 Å². The van der Waals surface area contributed by atoms with E-state index in [9.17, 15) is 14.7 Å². The highest BCUT2D eigenvalue weighted by atomic mass is 16.5. The van der Waals surface area contributed by atoms with Gasteiger partial charge >= 0.3 is 5.97 Å². The smallest absolute Gasteiger partial charge is 0.313 e. The molecule has 0 saturated heterocycles. The molecular weight excluding hydrogens is 420 g/mol. The summed E-state index contributed by atoms with van der Waals surface area (Å²) in [6.45, 7) is 0.0875. The summed E-state index contributed by atoms with van der Waals surface area (Å²) in [7, 11) is 3.12. The molecule has 5 rings (SSSR count). The van der Waals surface area contributed by atoms with Gasteiger partial charge in [-0.3, -0.25) is 9.59 Å². The summed E-state index contributed by atoms with van der Waals surface area (Å²) in [4.78, 5) is 24.6. The SMILES string of the molecule is COc1ccc(-c2cccc3c2CCC3=O)c(OCC2(C(=O)O)CC2CC2CCC2)c1OC. The van der Waals surface area contributed by atoms with E-state index in [0.717, 1.165) is 28.7 Å². The third kappa shape index (κ3) is 3.65. The van der Waals surface area contributed by atoms with E-state index in [-0.39, 0.29) is 18.3 Å². The lowest BCUT2D eigenvalue weighted by Gasteiger charge is -2.26. The molecule has 0 spiro atoms. The molecule has 2 aromatic carbocycles. The Morgan fingerprint density at radius 3 is 2.48 bits per heavy atom. The molecule has 33 heavy (non-hydrogen) atoms. The van der Waals surface area contributed by atoms with E-state index in [2.05, 4.69) is 0 Å². The zero-order chi connectivity index (χ0) is 23.2. The van der Waals surface area contributed by atoms with E-state index in [1.165, 1.54) is 19.3 Å². The van der Waals surface area contributed by atoms with Crippen LogP contribution in [0.15, 0.2) is 30.3 Å². The van der Waals surface area contributed by atoms with Crippen molar-refractivity contribution in [3.63, 3.8) is 0 Å². The number of carbonyl (C=O) groups is 2. The lowest BCUT2D eigenvalue weighted by atomic mass is 9.80. The Kier molecular flexibility index (Phi) is 5.55. The summed E-state index contributed by atoms with van der Waals surface area (Å²) in [6, 6.07) is 9.45. The van der Waals surface area contributed by atoms with Gasteiger partial charge in [0.2, 0.25) is 5.75 Å². The van der Waals surface area contributed by atoms with Crippen molar-refractivity contribution in [1.82, 2.24) is 0 Å². The Hall–Kier alpha value is -3.02. The maximum atomic E-state index is 12.3. The van der Waals surface area contributed by atoms with Gasteiger partial charge in [-0.25, -0.2) is 0 Å². The molecule has 0 heterocycles. The van der Waals surface area contributed by atoms with Crippen LogP contribution in [0.25, 0.3) is 11.1 Å². The van der Waals surface area contributed by atoms with E-state index in [4.69, 9.17) is 14.2 Å². The van der Waals surface area contributed by atoms with Gasteiger partial charge in [-0.1, -0.05) is 37.5 Å². The molecule has 1 N–H and O–H groups in total. The lowest BCUT2D eigenvalue weighted by Crippen LogP contribution is -2.27. The van der Waals surface area contributed by atoms with Crippen molar-refractivity contribution in [3.8, 4) is 28.4 Å². The lowest BCUT2D eigenvalue weighted by molar-refractivity contribution is -0.145. The number of Topliss-reactive ketones (excluding diaryl/α,β-unsaturated/α-hetero) is 1. The third-order valence-corrected chi connectivity index (χ3v) is 7.84. The molecule has 6 nitrogen and oxygen atoms in total. The molecule has 0 amide bonds. The molecule has 2 aromatic rings. The quantitative estimate of drug-likeness (QED) is 0.568. The normalized spacial score (nSPS) is 23.6. The zero-order valence-corrected chi connectivity index (χ0v) is 19.2. The van der Waals surface area contributed by atoms with Crippen LogP contribution in [-0.2, 0) is 11.2 Å². The summed E-state index contributed by atoms with van der Waals surface area (Å²) in [5.74, 6) is 1.60. The Morgan fingerprint density at radius 1 is 1.03 bits per heavy atom. The second-order valence-electron chi connectivity index (χ2n) is 9.62. The van der Waals surface area contributed by atoms with Crippen molar-refractivity contribution in [2.75, 3.05) is 20.8 Å². The fourth-order valence-electron chi connectivity index (χ4n) is 5.52. The predicted octanol–water partition coefficient (Wildman–Crippen LogP) is 5.16. The average Bonchev–Trinajstić information content (AvgIpc) is 3.39. The first-order valence-corrected chi connectivity index (χ1v) is 11.7. The molecule has 2 unspecified atom stereocenters. The number of carboxylic acid groups (broad SMARTS) is 1. The molecular formula is C27H30O6. The molecule has 3 aliphatic carbocycles. The summed E-state index contributed by atoms with van der Waals surface area (Å²) < 4.78 is 17.5. The molecule has 174 valence electrons. The number of ketones is 1. The first-order valence-electron chi connectivity index (χ1n) is 11.7. The first kappa shape index (κ1) is 21.8. The highest BCUT2D eigenvalue weighted by Crippen LogP contribution is 2.58. The second kappa shape index (κ2) is 8.40. The Balaban J connectivity index is 1.50. The number of rotatable bonds is 9. The van der Waals surface area contributed by atoms with Gasteiger partial charge in [0.05, 0.1) is 14.2 Å². The molecule has 0 aromatic heterocycles. The van der Waals surface area contributed by atoms with Gasteiger partial charge in [-0.2, -0.15) is 0 Å². The first-order chi connectivity index (χ1) is 16.0. The molecule has 6 heteroatoms. The fourth-order valence-corrected chi connectivity index (χ4v) is 5.52. The number of aliphatic carboxylic acids is 1. The van der Waals surface area contributed by atoms with Crippen LogP contribution < -0.4 is 14.2 Å². The van der Waals surface area contributed by atoms with E-state index in [0.29, 0.717) is 42.4 Å². The fraction of sp³-hybridized carbons (Fsp3) is 0.481. The van der Waals surface area contributed by atoms with Crippen molar-refractivity contribution >= 4 is 11.8 Å². The molecule has 0 aliphatic heterocycles. The minimum atomic E-state index is -0.852. The Morgan fingerprint density at radius 2 is 1.82 bits per heavy atom. The summed E-state index contributed by atoms with van der Waals surface area (Å²) in [5.41, 5.74) is 2.60. The highest BCUT2D eigenvalue weighted by molar-refractivity contribution is 6.02. The van der Waals surface area contributed by atoms with Gasteiger partial charge in [0.1, 0.15) is 12.0 Å². The molecule has 0 radical (unpaired) electrons. The van der Waals surface area contributed by atoms with Crippen LogP contribution in [-0.4, -0.2) is 37.7 Å². The number of benzene rings is 2. The minimum absolute atomic E-state index is 0.0875. The minimum Gasteiger partial charge on any atom is -0.493 e. The van der Waals surface area contributed by atoms with Gasteiger partial charge in [-0.15, -0.1) is 0 Å². The van der Waals surface area contributed by atoms with E-state index < -0.39 is 11.4 Å².